The van der Waals surface area contributed by atoms with Gasteiger partial charge in [-0.05, 0) is 24.8 Å². The van der Waals surface area contributed by atoms with Crippen molar-refractivity contribution in [2.24, 2.45) is 0 Å². The molecule has 1 fully saturated rings. The fourth-order valence-corrected chi connectivity index (χ4v) is 3.15. The van der Waals surface area contributed by atoms with E-state index in [0.717, 1.165) is 11.3 Å². The Balaban J connectivity index is 1.59. The van der Waals surface area contributed by atoms with Crippen LogP contribution in [0.3, 0.4) is 0 Å². The van der Waals surface area contributed by atoms with Crippen molar-refractivity contribution >= 4 is 23.2 Å². The highest BCUT2D eigenvalue weighted by Gasteiger charge is 2.27. The number of thiophene rings is 1. The Labute approximate surface area is 137 Å². The normalized spacial score (nSPS) is 18.6. The van der Waals surface area contributed by atoms with Gasteiger partial charge in [-0.3, -0.25) is 9.59 Å². The quantitative estimate of drug-likeness (QED) is 0.914. The number of amides is 2. The van der Waals surface area contributed by atoms with Crippen LogP contribution in [0.25, 0.3) is 10.7 Å². The monoisotopic (exact) mass is 334 g/mol. The Morgan fingerprint density at radius 3 is 3.22 bits per heavy atom. The molecule has 0 saturated carbocycles. The molecule has 23 heavy (non-hydrogen) atoms. The average Bonchev–Trinajstić information content (AvgIpc) is 3.20. The summed E-state index contributed by atoms with van der Waals surface area (Å²) in [5.41, 5.74) is 0. The van der Waals surface area contributed by atoms with Gasteiger partial charge in [-0.15, -0.1) is 11.3 Å². The standard InChI is InChI=1S/C15H18N4O3S/c1-10-15(21)16-7-3-8-19(10)13(20)6-5-12-17-14(18-22-12)11-4-2-9-23-11/h2,4,9-10H,3,5-8H2,1H3,(H,16,21)/t10-/m0/s1. The lowest BCUT2D eigenvalue weighted by Crippen LogP contribution is -2.45. The van der Waals surface area contributed by atoms with Crippen molar-refractivity contribution in [3.8, 4) is 10.7 Å². The van der Waals surface area contributed by atoms with E-state index in [1.54, 1.807) is 11.8 Å². The van der Waals surface area contributed by atoms with E-state index in [0.29, 0.717) is 31.2 Å². The average molecular weight is 334 g/mol. The summed E-state index contributed by atoms with van der Waals surface area (Å²) in [6.07, 6.45) is 1.40. The van der Waals surface area contributed by atoms with Crippen LogP contribution in [-0.4, -0.2) is 46.0 Å². The predicted octanol–water partition coefficient (Wildman–Crippen LogP) is 1.47. The third-order valence-corrected chi connectivity index (χ3v) is 4.67. The zero-order chi connectivity index (χ0) is 16.2. The molecule has 0 spiro atoms. The number of hydrogen-bond acceptors (Lipinski definition) is 6. The Morgan fingerprint density at radius 1 is 1.57 bits per heavy atom. The maximum Gasteiger partial charge on any atom is 0.242 e. The number of hydrogen-bond donors (Lipinski definition) is 1. The Kier molecular flexibility index (Phi) is 4.71. The molecule has 122 valence electrons. The van der Waals surface area contributed by atoms with Crippen molar-refractivity contribution in [2.75, 3.05) is 13.1 Å². The summed E-state index contributed by atoms with van der Waals surface area (Å²) in [5.74, 6) is 0.817. The van der Waals surface area contributed by atoms with Gasteiger partial charge in [0, 0.05) is 25.9 Å². The Bertz CT molecular complexity index is 683. The zero-order valence-electron chi connectivity index (χ0n) is 12.8. The highest BCUT2D eigenvalue weighted by atomic mass is 32.1. The maximum absolute atomic E-state index is 12.4. The minimum absolute atomic E-state index is 0.0644. The molecular formula is C15H18N4O3S. The van der Waals surface area contributed by atoms with Crippen LogP contribution in [0.15, 0.2) is 22.0 Å². The van der Waals surface area contributed by atoms with Crippen molar-refractivity contribution in [2.45, 2.75) is 32.2 Å². The Hall–Kier alpha value is -2.22. The van der Waals surface area contributed by atoms with Gasteiger partial charge in [-0.1, -0.05) is 11.2 Å². The van der Waals surface area contributed by atoms with Gasteiger partial charge in [0.2, 0.25) is 23.5 Å². The topological polar surface area (TPSA) is 88.3 Å². The first-order chi connectivity index (χ1) is 11.1. The van der Waals surface area contributed by atoms with Gasteiger partial charge in [-0.2, -0.15) is 4.98 Å². The molecule has 0 bridgehead atoms. The van der Waals surface area contributed by atoms with Crippen LogP contribution in [0.2, 0.25) is 0 Å². The molecular weight excluding hydrogens is 316 g/mol. The van der Waals surface area contributed by atoms with Gasteiger partial charge >= 0.3 is 0 Å². The molecule has 1 saturated heterocycles. The summed E-state index contributed by atoms with van der Waals surface area (Å²) in [7, 11) is 0. The molecule has 0 radical (unpaired) electrons. The van der Waals surface area contributed by atoms with Crippen molar-refractivity contribution in [1.29, 1.82) is 0 Å². The summed E-state index contributed by atoms with van der Waals surface area (Å²) in [6.45, 7) is 2.95. The third-order valence-electron chi connectivity index (χ3n) is 3.80. The van der Waals surface area contributed by atoms with E-state index in [1.807, 2.05) is 17.5 Å². The van der Waals surface area contributed by atoms with E-state index in [9.17, 15) is 9.59 Å². The van der Waals surface area contributed by atoms with Crippen LogP contribution in [-0.2, 0) is 16.0 Å². The van der Waals surface area contributed by atoms with Gasteiger partial charge in [0.05, 0.1) is 4.88 Å². The number of carbonyl (C=O) groups excluding carboxylic acids is 2. The van der Waals surface area contributed by atoms with Crippen LogP contribution in [0.5, 0.6) is 0 Å². The molecule has 0 unspecified atom stereocenters. The molecule has 2 aromatic heterocycles. The van der Waals surface area contributed by atoms with Crippen molar-refractivity contribution in [3.63, 3.8) is 0 Å². The van der Waals surface area contributed by atoms with Gasteiger partial charge in [0.1, 0.15) is 6.04 Å². The Morgan fingerprint density at radius 2 is 2.43 bits per heavy atom. The lowest BCUT2D eigenvalue weighted by Gasteiger charge is -2.25. The molecule has 1 atom stereocenters. The summed E-state index contributed by atoms with van der Waals surface area (Å²) in [6, 6.07) is 3.40. The van der Waals surface area contributed by atoms with E-state index in [2.05, 4.69) is 15.5 Å². The summed E-state index contributed by atoms with van der Waals surface area (Å²) >= 11 is 1.53. The minimum Gasteiger partial charge on any atom is -0.354 e. The molecule has 0 aromatic carbocycles. The van der Waals surface area contributed by atoms with E-state index < -0.39 is 6.04 Å². The van der Waals surface area contributed by atoms with E-state index in [4.69, 9.17) is 4.52 Å². The molecule has 1 N–H and O–H groups in total. The largest absolute Gasteiger partial charge is 0.354 e. The lowest BCUT2D eigenvalue weighted by atomic mass is 10.2. The summed E-state index contributed by atoms with van der Waals surface area (Å²) in [5, 5.41) is 8.67. The minimum atomic E-state index is -0.436. The first-order valence-electron chi connectivity index (χ1n) is 7.59. The van der Waals surface area contributed by atoms with Gasteiger partial charge in [0.25, 0.3) is 0 Å². The molecule has 1 aliphatic heterocycles. The van der Waals surface area contributed by atoms with Gasteiger partial charge < -0.3 is 14.7 Å². The van der Waals surface area contributed by atoms with Crippen molar-refractivity contribution < 1.29 is 14.1 Å². The van der Waals surface area contributed by atoms with Crippen LogP contribution >= 0.6 is 11.3 Å². The number of nitrogens with zero attached hydrogens (tertiary/aromatic N) is 3. The molecule has 0 aliphatic carbocycles. The van der Waals surface area contributed by atoms with E-state index >= 15 is 0 Å². The fourth-order valence-electron chi connectivity index (χ4n) is 2.50. The molecule has 2 amide bonds. The van der Waals surface area contributed by atoms with Crippen LogP contribution in [0.4, 0.5) is 0 Å². The SMILES string of the molecule is C[C@H]1C(=O)NCCCN1C(=O)CCc1nc(-c2cccs2)no1. The second-order valence-corrected chi connectivity index (χ2v) is 6.34. The first kappa shape index (κ1) is 15.7. The zero-order valence-corrected chi connectivity index (χ0v) is 13.6. The molecule has 7 nitrogen and oxygen atoms in total. The number of rotatable bonds is 4. The number of nitrogens with one attached hydrogen (secondary N) is 1. The van der Waals surface area contributed by atoms with Crippen molar-refractivity contribution in [1.82, 2.24) is 20.4 Å². The highest BCUT2D eigenvalue weighted by molar-refractivity contribution is 7.13. The van der Waals surface area contributed by atoms with E-state index in [-0.39, 0.29) is 18.2 Å². The molecule has 3 rings (SSSR count). The smallest absolute Gasteiger partial charge is 0.242 e. The molecule has 1 aliphatic rings. The van der Waals surface area contributed by atoms with Crippen molar-refractivity contribution in [3.05, 3.63) is 23.4 Å². The molecule has 2 aromatic rings. The maximum atomic E-state index is 12.4. The number of aryl methyl sites for hydroxylation is 1. The summed E-state index contributed by atoms with van der Waals surface area (Å²) < 4.78 is 5.19. The highest BCUT2D eigenvalue weighted by Crippen LogP contribution is 2.21. The second kappa shape index (κ2) is 6.91. The van der Waals surface area contributed by atoms with E-state index in [1.165, 1.54) is 11.3 Å². The molecule has 3 heterocycles. The summed E-state index contributed by atoms with van der Waals surface area (Å²) in [4.78, 5) is 31.0. The number of aromatic nitrogens is 2. The third kappa shape index (κ3) is 3.58. The van der Waals surface area contributed by atoms with Gasteiger partial charge in [-0.25, -0.2) is 0 Å². The fraction of sp³-hybridized carbons (Fsp3) is 0.467. The predicted molar refractivity (Wildman–Crippen MR) is 84.7 cm³/mol. The lowest BCUT2D eigenvalue weighted by molar-refractivity contribution is -0.138. The second-order valence-electron chi connectivity index (χ2n) is 5.40. The van der Waals surface area contributed by atoms with Crippen LogP contribution in [0.1, 0.15) is 25.7 Å². The number of carbonyl (C=O) groups is 2. The first-order valence-corrected chi connectivity index (χ1v) is 8.47. The molecule has 8 heteroatoms. The van der Waals surface area contributed by atoms with Crippen LogP contribution in [0, 0.1) is 0 Å². The van der Waals surface area contributed by atoms with Gasteiger partial charge in [0.15, 0.2) is 0 Å². The van der Waals surface area contributed by atoms with Crippen LogP contribution < -0.4 is 5.32 Å².